The smallest absolute Gasteiger partial charge is 0.312 e. The topological polar surface area (TPSA) is 35.5 Å². The Kier molecular flexibility index (Phi) is 2.48. The fourth-order valence-corrected chi connectivity index (χ4v) is 2.56. The summed E-state index contributed by atoms with van der Waals surface area (Å²) in [6.45, 7) is 2.18. The number of fused-ring (bicyclic) bond motifs is 1. The maximum absolute atomic E-state index is 11.5. The molecule has 0 spiro atoms. The van der Waals surface area contributed by atoms with Crippen molar-refractivity contribution in [3.05, 3.63) is 12.3 Å². The van der Waals surface area contributed by atoms with Crippen LogP contribution in [0.4, 0.5) is 0 Å². The molecule has 3 heteroatoms. The summed E-state index contributed by atoms with van der Waals surface area (Å²) in [5.74, 6) is 0.772. The third-order valence-electron chi connectivity index (χ3n) is 3.21. The van der Waals surface area contributed by atoms with Gasteiger partial charge in [-0.25, -0.2) is 0 Å². The Morgan fingerprint density at radius 3 is 3.00 bits per heavy atom. The molecule has 2 rings (SSSR count). The lowest BCUT2D eigenvalue weighted by molar-refractivity contribution is -0.152. The van der Waals surface area contributed by atoms with Gasteiger partial charge in [-0.2, -0.15) is 0 Å². The van der Waals surface area contributed by atoms with Gasteiger partial charge in [0.05, 0.1) is 19.3 Å². The van der Waals surface area contributed by atoms with E-state index in [9.17, 15) is 4.79 Å². The molecule has 4 atom stereocenters. The molecule has 0 radical (unpaired) electrons. The molecule has 0 aromatic rings. The summed E-state index contributed by atoms with van der Waals surface area (Å²) < 4.78 is 10.3. The summed E-state index contributed by atoms with van der Waals surface area (Å²) in [7, 11) is 1.44. The molecule has 3 nitrogen and oxygen atoms in total. The van der Waals surface area contributed by atoms with Crippen LogP contribution in [-0.4, -0.2) is 19.2 Å². The third kappa shape index (κ3) is 1.51. The van der Waals surface area contributed by atoms with Gasteiger partial charge in [-0.1, -0.05) is 6.92 Å². The molecule has 0 saturated heterocycles. The van der Waals surface area contributed by atoms with E-state index >= 15 is 0 Å². The van der Waals surface area contributed by atoms with Crippen molar-refractivity contribution < 1.29 is 14.3 Å². The Morgan fingerprint density at radius 1 is 1.50 bits per heavy atom. The van der Waals surface area contributed by atoms with Gasteiger partial charge in [0.2, 0.25) is 0 Å². The molecule has 1 fully saturated rings. The van der Waals surface area contributed by atoms with Crippen LogP contribution >= 0.6 is 0 Å². The van der Waals surface area contributed by atoms with Crippen LogP contribution < -0.4 is 0 Å². The molecule has 2 aliphatic rings. The minimum Gasteiger partial charge on any atom is -0.497 e. The van der Waals surface area contributed by atoms with E-state index in [1.165, 1.54) is 7.11 Å². The molecule has 0 amide bonds. The van der Waals surface area contributed by atoms with E-state index in [0.717, 1.165) is 12.8 Å². The maximum Gasteiger partial charge on any atom is 0.312 e. The first-order valence-corrected chi connectivity index (χ1v) is 5.12. The van der Waals surface area contributed by atoms with E-state index in [4.69, 9.17) is 9.47 Å². The molecule has 4 unspecified atom stereocenters. The van der Waals surface area contributed by atoms with Crippen molar-refractivity contribution in [1.29, 1.82) is 0 Å². The fraction of sp³-hybridized carbons (Fsp3) is 0.727. The van der Waals surface area contributed by atoms with E-state index in [-0.39, 0.29) is 18.0 Å². The summed E-state index contributed by atoms with van der Waals surface area (Å²) in [4.78, 5) is 11.5. The number of methoxy groups -OCH3 is 1. The zero-order valence-corrected chi connectivity index (χ0v) is 8.60. The average Bonchev–Trinajstić information content (AvgIpc) is 2.62. The van der Waals surface area contributed by atoms with Crippen molar-refractivity contribution >= 4 is 5.97 Å². The molecule has 0 aromatic carbocycles. The van der Waals surface area contributed by atoms with Crippen molar-refractivity contribution in [2.75, 3.05) is 7.11 Å². The van der Waals surface area contributed by atoms with Crippen LogP contribution in [-0.2, 0) is 14.3 Å². The molecular weight excluding hydrogens is 180 g/mol. The van der Waals surface area contributed by atoms with Gasteiger partial charge >= 0.3 is 5.97 Å². The Bertz CT molecular complexity index is 259. The maximum atomic E-state index is 11.5. The van der Waals surface area contributed by atoms with Gasteiger partial charge in [-0.05, 0) is 24.8 Å². The van der Waals surface area contributed by atoms with Gasteiger partial charge in [0.1, 0.15) is 6.10 Å². The lowest BCUT2D eigenvalue weighted by atomic mass is 9.74. The summed E-state index contributed by atoms with van der Waals surface area (Å²) in [5, 5.41) is 0. The van der Waals surface area contributed by atoms with Gasteiger partial charge in [-0.15, -0.1) is 0 Å². The van der Waals surface area contributed by atoms with E-state index in [0.29, 0.717) is 11.8 Å². The molecule has 0 N–H and O–H groups in total. The van der Waals surface area contributed by atoms with Gasteiger partial charge in [0.25, 0.3) is 0 Å². The van der Waals surface area contributed by atoms with Crippen LogP contribution in [0.15, 0.2) is 12.3 Å². The summed E-state index contributed by atoms with van der Waals surface area (Å²) in [6, 6.07) is 0. The second kappa shape index (κ2) is 3.64. The lowest BCUT2D eigenvalue weighted by Crippen LogP contribution is -2.39. The molecule has 1 saturated carbocycles. The van der Waals surface area contributed by atoms with Crippen molar-refractivity contribution in [1.82, 2.24) is 0 Å². The van der Waals surface area contributed by atoms with Crippen molar-refractivity contribution in [3.63, 3.8) is 0 Å². The molecule has 78 valence electrons. The van der Waals surface area contributed by atoms with Gasteiger partial charge in [-0.3, -0.25) is 4.79 Å². The van der Waals surface area contributed by atoms with Gasteiger partial charge in [0, 0.05) is 5.92 Å². The number of esters is 1. The zero-order valence-electron chi connectivity index (χ0n) is 8.60. The van der Waals surface area contributed by atoms with Crippen molar-refractivity contribution in [3.8, 4) is 0 Å². The van der Waals surface area contributed by atoms with Crippen LogP contribution in [0, 0.1) is 17.8 Å². The molecular formula is C11H16O3. The summed E-state index contributed by atoms with van der Waals surface area (Å²) >= 11 is 0. The van der Waals surface area contributed by atoms with Crippen LogP contribution in [0.2, 0.25) is 0 Å². The lowest BCUT2D eigenvalue weighted by Gasteiger charge is -2.34. The van der Waals surface area contributed by atoms with Crippen LogP contribution in [0.25, 0.3) is 0 Å². The van der Waals surface area contributed by atoms with Crippen LogP contribution in [0.5, 0.6) is 0 Å². The Morgan fingerprint density at radius 2 is 2.29 bits per heavy atom. The summed E-state index contributed by atoms with van der Waals surface area (Å²) in [5.41, 5.74) is 0. The first-order valence-electron chi connectivity index (χ1n) is 5.12. The standard InChI is InChI=1S/C11H16O3/c1-7-5-8-3-4-14-10(8)9(6-7)11(12)13-2/h3-4,7-10H,5-6H2,1-2H3. The van der Waals surface area contributed by atoms with Crippen LogP contribution in [0.1, 0.15) is 19.8 Å². The van der Waals surface area contributed by atoms with E-state index in [1.54, 1.807) is 6.26 Å². The SMILES string of the molecule is COC(=O)C1CC(C)CC2C=COC21. The Hall–Kier alpha value is -0.990. The van der Waals surface area contributed by atoms with Crippen molar-refractivity contribution in [2.45, 2.75) is 25.9 Å². The number of carbonyl (C=O) groups is 1. The van der Waals surface area contributed by atoms with E-state index in [1.807, 2.05) is 0 Å². The highest BCUT2D eigenvalue weighted by Crippen LogP contribution is 2.39. The van der Waals surface area contributed by atoms with E-state index < -0.39 is 0 Å². The average molecular weight is 196 g/mol. The second-order valence-electron chi connectivity index (χ2n) is 4.30. The Labute approximate surface area is 84.1 Å². The zero-order chi connectivity index (χ0) is 10.1. The highest BCUT2D eigenvalue weighted by Gasteiger charge is 2.42. The minimum atomic E-state index is -0.129. The number of hydrogen-bond acceptors (Lipinski definition) is 3. The molecule has 14 heavy (non-hydrogen) atoms. The van der Waals surface area contributed by atoms with Gasteiger partial charge < -0.3 is 9.47 Å². The Balaban J connectivity index is 2.12. The molecule has 0 bridgehead atoms. The fourth-order valence-electron chi connectivity index (χ4n) is 2.56. The number of rotatable bonds is 1. The molecule has 0 aromatic heterocycles. The number of hydrogen-bond donors (Lipinski definition) is 0. The van der Waals surface area contributed by atoms with E-state index in [2.05, 4.69) is 13.0 Å². The number of ether oxygens (including phenoxy) is 2. The molecule has 1 heterocycles. The summed E-state index contributed by atoms with van der Waals surface area (Å²) in [6.07, 6.45) is 5.82. The monoisotopic (exact) mass is 196 g/mol. The van der Waals surface area contributed by atoms with Crippen LogP contribution in [0.3, 0.4) is 0 Å². The quantitative estimate of drug-likeness (QED) is 0.599. The second-order valence-corrected chi connectivity index (χ2v) is 4.30. The van der Waals surface area contributed by atoms with Crippen molar-refractivity contribution in [2.24, 2.45) is 17.8 Å². The highest BCUT2D eigenvalue weighted by molar-refractivity contribution is 5.73. The van der Waals surface area contributed by atoms with Gasteiger partial charge in [0.15, 0.2) is 0 Å². The largest absolute Gasteiger partial charge is 0.497 e. The normalized spacial score (nSPS) is 40.1. The first kappa shape index (κ1) is 9.56. The third-order valence-corrected chi connectivity index (χ3v) is 3.21. The highest BCUT2D eigenvalue weighted by atomic mass is 16.5. The molecule has 1 aliphatic heterocycles. The minimum absolute atomic E-state index is 0.0265. The number of carbonyl (C=O) groups excluding carboxylic acids is 1. The molecule has 1 aliphatic carbocycles. The first-order chi connectivity index (χ1) is 6.72. The predicted octanol–water partition coefficient (Wildman–Crippen LogP) is 1.73. The predicted molar refractivity (Wildman–Crippen MR) is 51.4 cm³/mol.